The molecule has 0 aliphatic rings. The third-order valence-corrected chi connectivity index (χ3v) is 2.39. The highest BCUT2D eigenvalue weighted by molar-refractivity contribution is 5.89. The lowest BCUT2D eigenvalue weighted by molar-refractivity contribution is 0.241. The van der Waals surface area contributed by atoms with Gasteiger partial charge in [-0.15, -0.1) is 6.42 Å². The Morgan fingerprint density at radius 3 is 2.53 bits per heavy atom. The van der Waals surface area contributed by atoms with Crippen molar-refractivity contribution in [3.05, 3.63) is 29.3 Å². The summed E-state index contributed by atoms with van der Waals surface area (Å²) in [7, 11) is 0. The fourth-order valence-electron chi connectivity index (χ4n) is 1.42. The second kappa shape index (κ2) is 6.71. The molecule has 102 valence electrons. The Balaban J connectivity index is 2.78. The number of hydrogen-bond donors (Lipinski definition) is 3. The topological polar surface area (TPSA) is 61.4 Å². The number of halogens is 2. The number of benzene rings is 1. The van der Waals surface area contributed by atoms with Crippen LogP contribution in [0.25, 0.3) is 0 Å². The van der Waals surface area contributed by atoms with Crippen molar-refractivity contribution in [1.82, 2.24) is 5.32 Å². The summed E-state index contributed by atoms with van der Waals surface area (Å²) < 4.78 is 27.1. The number of carbonyl (C=O) groups is 1. The van der Waals surface area contributed by atoms with Crippen molar-refractivity contribution in [2.75, 3.05) is 11.9 Å². The number of aliphatic hydroxyl groups excluding tert-OH is 1. The molecule has 3 N–H and O–H groups in total. The number of aliphatic hydroxyl groups is 1. The fourth-order valence-corrected chi connectivity index (χ4v) is 1.42. The van der Waals surface area contributed by atoms with Crippen LogP contribution in [0, 0.1) is 24.0 Å². The first kappa shape index (κ1) is 14.9. The van der Waals surface area contributed by atoms with Gasteiger partial charge >= 0.3 is 6.03 Å². The molecule has 0 unspecified atom stereocenters. The number of terminal acetylenes is 1. The maximum atomic E-state index is 13.5. The summed E-state index contributed by atoms with van der Waals surface area (Å²) in [6.07, 6.45) is 5.37. The highest BCUT2D eigenvalue weighted by atomic mass is 19.1. The zero-order valence-corrected chi connectivity index (χ0v) is 10.3. The van der Waals surface area contributed by atoms with E-state index in [1.165, 1.54) is 0 Å². The van der Waals surface area contributed by atoms with Crippen molar-refractivity contribution in [2.24, 2.45) is 0 Å². The van der Waals surface area contributed by atoms with Gasteiger partial charge in [-0.1, -0.05) is 5.92 Å². The molecule has 0 aromatic heterocycles. The molecule has 0 heterocycles. The smallest absolute Gasteiger partial charge is 0.319 e. The first-order valence-corrected chi connectivity index (χ1v) is 5.62. The fraction of sp³-hybridized carbons (Fsp3) is 0.308. The number of hydrogen-bond acceptors (Lipinski definition) is 2. The molecule has 0 fully saturated rings. The van der Waals surface area contributed by atoms with Gasteiger partial charge in [-0.3, -0.25) is 0 Å². The van der Waals surface area contributed by atoms with Gasteiger partial charge in [0.2, 0.25) is 0 Å². The molecule has 0 bridgehead atoms. The van der Waals surface area contributed by atoms with Gasteiger partial charge in [0.25, 0.3) is 0 Å². The highest BCUT2D eigenvalue weighted by Gasteiger charge is 2.14. The lowest BCUT2D eigenvalue weighted by atomic mass is 10.2. The second-order valence-electron chi connectivity index (χ2n) is 3.97. The number of urea groups is 1. The van der Waals surface area contributed by atoms with Crippen LogP contribution in [0.4, 0.5) is 19.3 Å². The number of anilines is 1. The van der Waals surface area contributed by atoms with E-state index in [0.717, 1.165) is 12.1 Å². The van der Waals surface area contributed by atoms with Crippen molar-refractivity contribution in [2.45, 2.75) is 19.4 Å². The largest absolute Gasteiger partial charge is 0.396 e. The molecule has 0 radical (unpaired) electrons. The monoisotopic (exact) mass is 268 g/mol. The predicted molar refractivity (Wildman–Crippen MR) is 67.6 cm³/mol. The molecule has 1 aromatic carbocycles. The van der Waals surface area contributed by atoms with Crippen LogP contribution in [0.2, 0.25) is 0 Å². The number of nitrogens with one attached hydrogen (secondary N) is 2. The minimum absolute atomic E-state index is 0.0506. The van der Waals surface area contributed by atoms with Gasteiger partial charge in [0, 0.05) is 18.2 Å². The van der Waals surface area contributed by atoms with Gasteiger partial charge in [-0.2, -0.15) is 0 Å². The first-order valence-electron chi connectivity index (χ1n) is 5.62. The highest BCUT2D eigenvalue weighted by Crippen LogP contribution is 2.20. The molecule has 0 spiro atoms. The average molecular weight is 268 g/mol. The van der Waals surface area contributed by atoms with Gasteiger partial charge in [-0.05, 0) is 25.5 Å². The summed E-state index contributed by atoms with van der Waals surface area (Å²) in [6.45, 7) is 1.56. The van der Waals surface area contributed by atoms with Gasteiger partial charge in [0.05, 0.1) is 0 Å². The van der Waals surface area contributed by atoms with Crippen LogP contribution in [0.15, 0.2) is 12.1 Å². The van der Waals surface area contributed by atoms with Crippen LogP contribution in [-0.4, -0.2) is 23.8 Å². The molecule has 0 saturated heterocycles. The average Bonchev–Trinajstić information content (AvgIpc) is 2.33. The molecule has 6 heteroatoms. The number of rotatable bonds is 4. The second-order valence-corrected chi connectivity index (χ2v) is 3.97. The van der Waals surface area contributed by atoms with Gasteiger partial charge < -0.3 is 15.7 Å². The third kappa shape index (κ3) is 4.23. The molecular formula is C13H14F2N2O2. The molecule has 0 aliphatic carbocycles. The molecule has 1 rings (SSSR count). The van der Waals surface area contributed by atoms with E-state index in [-0.39, 0.29) is 18.2 Å². The zero-order chi connectivity index (χ0) is 14.4. The van der Waals surface area contributed by atoms with Gasteiger partial charge in [0.1, 0.15) is 5.69 Å². The summed E-state index contributed by atoms with van der Waals surface area (Å²) in [5, 5.41) is 13.2. The summed E-state index contributed by atoms with van der Waals surface area (Å²) in [6, 6.07) is 0.833. The summed E-state index contributed by atoms with van der Waals surface area (Å²) in [5.41, 5.74) is -0.512. The van der Waals surface area contributed by atoms with Crippen molar-refractivity contribution < 1.29 is 18.7 Å². The molecule has 4 nitrogen and oxygen atoms in total. The van der Waals surface area contributed by atoms with Crippen LogP contribution in [0.1, 0.15) is 18.9 Å². The number of amides is 2. The lowest BCUT2D eigenvalue weighted by Gasteiger charge is -2.14. The van der Waals surface area contributed by atoms with Crippen LogP contribution in [0.3, 0.4) is 0 Å². The maximum Gasteiger partial charge on any atom is 0.319 e. The van der Waals surface area contributed by atoms with Crippen molar-refractivity contribution in [3.63, 3.8) is 0 Å². The Kier molecular flexibility index (Phi) is 5.27. The van der Waals surface area contributed by atoms with E-state index in [4.69, 9.17) is 11.5 Å². The Hall–Kier alpha value is -2.13. The molecule has 0 aliphatic heterocycles. The molecule has 19 heavy (non-hydrogen) atoms. The van der Waals surface area contributed by atoms with Gasteiger partial charge in [-0.25, -0.2) is 13.6 Å². The third-order valence-electron chi connectivity index (χ3n) is 2.39. The Labute approximate surface area is 109 Å². The van der Waals surface area contributed by atoms with Crippen LogP contribution < -0.4 is 10.6 Å². The van der Waals surface area contributed by atoms with Crippen LogP contribution >= 0.6 is 0 Å². The van der Waals surface area contributed by atoms with Gasteiger partial charge in [0.15, 0.2) is 11.6 Å². The van der Waals surface area contributed by atoms with E-state index >= 15 is 0 Å². The quantitative estimate of drug-likeness (QED) is 0.730. The van der Waals surface area contributed by atoms with E-state index in [2.05, 4.69) is 16.6 Å². The summed E-state index contributed by atoms with van der Waals surface area (Å²) in [5.74, 6) is 0.209. The molecule has 2 amide bonds. The minimum Gasteiger partial charge on any atom is -0.396 e. The van der Waals surface area contributed by atoms with E-state index in [1.54, 1.807) is 6.92 Å². The number of carbonyl (C=O) groups excluding carboxylic acids is 1. The van der Waals surface area contributed by atoms with Crippen LogP contribution in [-0.2, 0) is 0 Å². The molecule has 1 aromatic rings. The minimum atomic E-state index is -0.946. The molecule has 1 atom stereocenters. The standard InChI is InChI=1S/C13H14F2N2O2/c1-3-9-6-10(14)12(11(15)7-9)17-13(19)16-8(2)4-5-18/h1,6-8,18H,4-5H2,2H3,(H2,16,17,19)/t8-/m1/s1. The summed E-state index contributed by atoms with van der Waals surface area (Å²) in [4.78, 5) is 11.5. The lowest BCUT2D eigenvalue weighted by Crippen LogP contribution is -2.37. The van der Waals surface area contributed by atoms with E-state index in [1.807, 2.05) is 0 Å². The molecular weight excluding hydrogens is 254 g/mol. The SMILES string of the molecule is C#Cc1cc(F)c(NC(=O)N[C@H](C)CCO)c(F)c1. The first-order chi connectivity index (χ1) is 8.97. The van der Waals surface area contributed by atoms with Crippen molar-refractivity contribution >= 4 is 11.7 Å². The normalized spacial score (nSPS) is 11.5. The zero-order valence-electron chi connectivity index (χ0n) is 10.3. The Bertz CT molecular complexity index is 489. The Morgan fingerprint density at radius 2 is 2.05 bits per heavy atom. The summed E-state index contributed by atoms with van der Waals surface area (Å²) >= 11 is 0. The molecule has 0 saturated carbocycles. The van der Waals surface area contributed by atoms with Crippen molar-refractivity contribution in [1.29, 1.82) is 0 Å². The van der Waals surface area contributed by atoms with E-state index < -0.39 is 23.4 Å². The van der Waals surface area contributed by atoms with E-state index in [0.29, 0.717) is 6.42 Å². The Morgan fingerprint density at radius 1 is 1.47 bits per heavy atom. The maximum absolute atomic E-state index is 13.5. The van der Waals surface area contributed by atoms with E-state index in [9.17, 15) is 13.6 Å². The van der Waals surface area contributed by atoms with Crippen molar-refractivity contribution in [3.8, 4) is 12.3 Å². The van der Waals surface area contributed by atoms with Crippen LogP contribution in [0.5, 0.6) is 0 Å². The predicted octanol–water partition coefficient (Wildman–Crippen LogP) is 1.84.